The van der Waals surface area contributed by atoms with Gasteiger partial charge in [-0.15, -0.1) is 11.3 Å². The fourth-order valence-electron chi connectivity index (χ4n) is 2.14. The van der Waals surface area contributed by atoms with Crippen LogP contribution in [0.15, 0.2) is 32.5 Å². The molecular formula is C15H17Br2NS. The van der Waals surface area contributed by atoms with Crippen molar-refractivity contribution in [2.24, 2.45) is 0 Å². The number of rotatable bonds is 4. The highest BCUT2D eigenvalue weighted by atomic mass is 79.9. The number of hydrogen-bond donors (Lipinski definition) is 1. The predicted octanol–water partition coefficient (Wildman–Crippen LogP) is 5.59. The molecule has 0 amide bonds. The van der Waals surface area contributed by atoms with E-state index >= 15 is 0 Å². The summed E-state index contributed by atoms with van der Waals surface area (Å²) in [5.41, 5.74) is 3.89. The molecule has 1 nitrogen and oxygen atoms in total. The number of benzene rings is 1. The first-order chi connectivity index (χ1) is 9.01. The van der Waals surface area contributed by atoms with E-state index in [1.165, 1.54) is 25.4 Å². The summed E-state index contributed by atoms with van der Waals surface area (Å²) < 4.78 is 2.36. The third kappa shape index (κ3) is 3.69. The minimum Gasteiger partial charge on any atom is -0.306 e. The molecule has 4 heteroatoms. The number of aryl methyl sites for hydroxylation is 2. The average molecular weight is 403 g/mol. The summed E-state index contributed by atoms with van der Waals surface area (Å²) >= 11 is 9.02. The Balaban J connectivity index is 2.44. The summed E-state index contributed by atoms with van der Waals surface area (Å²) in [6, 6.07) is 9.11. The van der Waals surface area contributed by atoms with Gasteiger partial charge in [-0.2, -0.15) is 0 Å². The lowest BCUT2D eigenvalue weighted by molar-refractivity contribution is 0.639. The van der Waals surface area contributed by atoms with Crippen LogP contribution in [0.2, 0.25) is 0 Å². The Kier molecular flexibility index (Phi) is 5.23. The molecule has 0 saturated carbocycles. The van der Waals surface area contributed by atoms with Crippen LogP contribution in [0.3, 0.4) is 0 Å². The highest BCUT2D eigenvalue weighted by Gasteiger charge is 2.17. The number of thiophene rings is 1. The van der Waals surface area contributed by atoms with Gasteiger partial charge in [0.05, 0.1) is 9.83 Å². The second-order valence-corrected chi connectivity index (χ2v) is 7.98. The van der Waals surface area contributed by atoms with E-state index in [0.29, 0.717) is 0 Å². The van der Waals surface area contributed by atoms with Gasteiger partial charge in [-0.1, -0.05) is 28.9 Å². The summed E-state index contributed by atoms with van der Waals surface area (Å²) in [6.45, 7) is 7.37. The standard InChI is InChI=1S/C15H17Br2NS/c1-4-18-14(13-7-10(3)15(17)19-13)11-5-9(2)6-12(16)8-11/h5-8,14,18H,4H2,1-3H3. The zero-order chi connectivity index (χ0) is 14.0. The quantitative estimate of drug-likeness (QED) is 0.702. The fraction of sp³-hybridized carbons (Fsp3) is 0.333. The summed E-state index contributed by atoms with van der Waals surface area (Å²) in [5, 5.41) is 3.58. The van der Waals surface area contributed by atoms with Gasteiger partial charge < -0.3 is 5.32 Å². The van der Waals surface area contributed by atoms with Crippen LogP contribution in [-0.2, 0) is 0 Å². The van der Waals surface area contributed by atoms with Gasteiger partial charge in [0.25, 0.3) is 0 Å². The third-order valence-corrected chi connectivity index (χ3v) is 5.63. The van der Waals surface area contributed by atoms with E-state index in [-0.39, 0.29) is 6.04 Å². The first kappa shape index (κ1) is 15.2. The third-order valence-electron chi connectivity index (χ3n) is 2.97. The molecule has 19 heavy (non-hydrogen) atoms. The van der Waals surface area contributed by atoms with Crippen LogP contribution >= 0.6 is 43.2 Å². The highest BCUT2D eigenvalue weighted by Crippen LogP contribution is 2.35. The molecule has 0 saturated heterocycles. The highest BCUT2D eigenvalue weighted by molar-refractivity contribution is 9.11. The molecule has 1 N–H and O–H groups in total. The second kappa shape index (κ2) is 6.53. The van der Waals surface area contributed by atoms with Crippen molar-refractivity contribution < 1.29 is 0 Å². The van der Waals surface area contributed by atoms with E-state index in [1.807, 2.05) is 11.3 Å². The SMILES string of the molecule is CCNC(c1cc(C)cc(Br)c1)c1cc(C)c(Br)s1. The van der Waals surface area contributed by atoms with E-state index in [0.717, 1.165) is 11.0 Å². The Hall–Kier alpha value is -0.160. The first-order valence-corrected chi connectivity index (χ1v) is 8.67. The molecule has 2 rings (SSSR count). The fourth-order valence-corrected chi connectivity index (χ4v) is 4.44. The molecule has 102 valence electrons. The molecule has 1 heterocycles. The first-order valence-electron chi connectivity index (χ1n) is 6.27. The van der Waals surface area contributed by atoms with Crippen LogP contribution in [0.1, 0.15) is 34.5 Å². The van der Waals surface area contributed by atoms with Crippen LogP contribution in [0.4, 0.5) is 0 Å². The van der Waals surface area contributed by atoms with Crippen LogP contribution in [-0.4, -0.2) is 6.54 Å². The van der Waals surface area contributed by atoms with E-state index in [9.17, 15) is 0 Å². The second-order valence-electron chi connectivity index (χ2n) is 4.66. The van der Waals surface area contributed by atoms with Crippen molar-refractivity contribution in [1.82, 2.24) is 5.32 Å². The van der Waals surface area contributed by atoms with Gasteiger partial charge in [-0.05, 0) is 71.2 Å². The Bertz CT molecular complexity index is 538. The van der Waals surface area contributed by atoms with Crippen molar-refractivity contribution in [3.63, 3.8) is 0 Å². The van der Waals surface area contributed by atoms with Crippen molar-refractivity contribution in [1.29, 1.82) is 0 Å². The summed E-state index contributed by atoms with van der Waals surface area (Å²) in [5.74, 6) is 0. The van der Waals surface area contributed by atoms with E-state index in [2.05, 4.69) is 82.2 Å². The van der Waals surface area contributed by atoms with Gasteiger partial charge >= 0.3 is 0 Å². The lowest BCUT2D eigenvalue weighted by Gasteiger charge is -2.18. The maximum atomic E-state index is 3.62. The average Bonchev–Trinajstić information content (AvgIpc) is 2.65. The Morgan fingerprint density at radius 3 is 2.42 bits per heavy atom. The maximum Gasteiger partial charge on any atom is 0.0731 e. The van der Waals surface area contributed by atoms with Gasteiger partial charge in [0.15, 0.2) is 0 Å². The van der Waals surface area contributed by atoms with Crippen LogP contribution in [0, 0.1) is 13.8 Å². The van der Waals surface area contributed by atoms with Crippen molar-refractivity contribution in [2.45, 2.75) is 26.8 Å². The minimum atomic E-state index is 0.260. The lowest BCUT2D eigenvalue weighted by atomic mass is 10.0. The molecule has 1 aromatic carbocycles. The number of halogens is 2. The summed E-state index contributed by atoms with van der Waals surface area (Å²) in [4.78, 5) is 1.35. The molecule has 0 aliphatic rings. The normalized spacial score (nSPS) is 12.7. The van der Waals surface area contributed by atoms with Crippen LogP contribution < -0.4 is 5.32 Å². The molecule has 1 unspecified atom stereocenters. The Labute approximate surface area is 135 Å². The molecule has 1 atom stereocenters. The summed E-state index contributed by atoms with van der Waals surface area (Å²) in [7, 11) is 0. The Morgan fingerprint density at radius 2 is 1.89 bits per heavy atom. The monoisotopic (exact) mass is 401 g/mol. The van der Waals surface area contributed by atoms with Gasteiger partial charge in [-0.25, -0.2) is 0 Å². The van der Waals surface area contributed by atoms with Gasteiger partial charge in [-0.3, -0.25) is 0 Å². The summed E-state index contributed by atoms with van der Waals surface area (Å²) in [6.07, 6.45) is 0. The lowest BCUT2D eigenvalue weighted by Crippen LogP contribution is -2.21. The zero-order valence-corrected chi connectivity index (χ0v) is 15.2. The van der Waals surface area contributed by atoms with Crippen molar-refractivity contribution in [2.75, 3.05) is 6.54 Å². The van der Waals surface area contributed by atoms with E-state index in [1.54, 1.807) is 0 Å². The molecule has 0 aliphatic carbocycles. The van der Waals surface area contributed by atoms with Crippen LogP contribution in [0.5, 0.6) is 0 Å². The van der Waals surface area contributed by atoms with Crippen molar-refractivity contribution in [3.05, 3.63) is 54.1 Å². The van der Waals surface area contributed by atoms with Gasteiger partial charge in [0, 0.05) is 9.35 Å². The molecule has 0 bridgehead atoms. The molecule has 0 radical (unpaired) electrons. The van der Waals surface area contributed by atoms with Gasteiger partial charge in [0.2, 0.25) is 0 Å². The minimum absolute atomic E-state index is 0.260. The number of hydrogen-bond acceptors (Lipinski definition) is 2. The largest absolute Gasteiger partial charge is 0.306 e. The molecule has 0 fully saturated rings. The zero-order valence-electron chi connectivity index (χ0n) is 11.3. The van der Waals surface area contributed by atoms with Gasteiger partial charge in [0.1, 0.15) is 0 Å². The van der Waals surface area contributed by atoms with E-state index in [4.69, 9.17) is 0 Å². The molecule has 1 aromatic heterocycles. The van der Waals surface area contributed by atoms with Crippen molar-refractivity contribution >= 4 is 43.2 Å². The maximum absolute atomic E-state index is 3.62. The number of nitrogens with one attached hydrogen (secondary N) is 1. The topological polar surface area (TPSA) is 12.0 Å². The molecule has 0 aliphatic heterocycles. The smallest absolute Gasteiger partial charge is 0.0731 e. The van der Waals surface area contributed by atoms with Crippen molar-refractivity contribution in [3.8, 4) is 0 Å². The van der Waals surface area contributed by atoms with Crippen LogP contribution in [0.25, 0.3) is 0 Å². The molecule has 0 spiro atoms. The predicted molar refractivity (Wildman–Crippen MR) is 91.2 cm³/mol. The Morgan fingerprint density at radius 1 is 1.16 bits per heavy atom. The molecule has 2 aromatic rings. The molecular weight excluding hydrogens is 386 g/mol. The van der Waals surface area contributed by atoms with E-state index < -0.39 is 0 Å².